The Bertz CT molecular complexity index is 772. The fourth-order valence-corrected chi connectivity index (χ4v) is 3.40. The molecule has 0 spiro atoms. The van der Waals surface area contributed by atoms with Gasteiger partial charge in [-0.3, -0.25) is 4.21 Å². The van der Waals surface area contributed by atoms with Crippen LogP contribution in [0.1, 0.15) is 18.5 Å². The first-order chi connectivity index (χ1) is 12.5. The predicted octanol–water partition coefficient (Wildman–Crippen LogP) is 1.41. The molecule has 2 N–H and O–H groups in total. The van der Waals surface area contributed by atoms with Crippen molar-refractivity contribution in [1.29, 1.82) is 0 Å². The van der Waals surface area contributed by atoms with Crippen LogP contribution in [0.2, 0.25) is 0 Å². The Labute approximate surface area is 156 Å². The van der Waals surface area contributed by atoms with Crippen LogP contribution in [0.25, 0.3) is 0 Å². The van der Waals surface area contributed by atoms with Crippen LogP contribution < -0.4 is 10.6 Å². The molecule has 2 heterocycles. The first-order valence-electron chi connectivity index (χ1n) is 8.58. The van der Waals surface area contributed by atoms with Gasteiger partial charge in [0, 0.05) is 60.5 Å². The second-order valence-corrected chi connectivity index (χ2v) is 7.59. The minimum atomic E-state index is -0.968. The van der Waals surface area contributed by atoms with Gasteiger partial charge in [0.1, 0.15) is 0 Å². The summed E-state index contributed by atoms with van der Waals surface area (Å²) in [6, 6.07) is 9.45. The van der Waals surface area contributed by atoms with E-state index in [0.29, 0.717) is 5.96 Å². The molecule has 8 heteroatoms. The monoisotopic (exact) mass is 372 g/mol. The van der Waals surface area contributed by atoms with Gasteiger partial charge in [-0.2, -0.15) is 0 Å². The van der Waals surface area contributed by atoms with Crippen molar-refractivity contribution < 1.29 is 4.21 Å². The minimum absolute atomic E-state index is 0.0511. The van der Waals surface area contributed by atoms with Crippen molar-refractivity contribution in [3.05, 3.63) is 48.3 Å². The largest absolute Gasteiger partial charge is 0.370 e. The normalized spacial score (nSPS) is 17.8. The lowest BCUT2D eigenvalue weighted by Gasteiger charge is -2.35. The van der Waals surface area contributed by atoms with Crippen LogP contribution in [-0.2, 0) is 10.8 Å². The molecular weight excluding hydrogens is 348 g/mol. The van der Waals surface area contributed by atoms with Crippen LogP contribution in [0.15, 0.2) is 52.6 Å². The van der Waals surface area contributed by atoms with E-state index in [4.69, 9.17) is 5.73 Å². The van der Waals surface area contributed by atoms with Crippen LogP contribution >= 0.6 is 0 Å². The summed E-state index contributed by atoms with van der Waals surface area (Å²) in [6.07, 6.45) is 5.19. The van der Waals surface area contributed by atoms with Crippen molar-refractivity contribution in [2.75, 3.05) is 37.3 Å². The topological polar surface area (TPSA) is 87.7 Å². The quantitative estimate of drug-likeness (QED) is 0.645. The minimum Gasteiger partial charge on any atom is -0.370 e. The predicted molar refractivity (Wildman–Crippen MR) is 105 cm³/mol. The van der Waals surface area contributed by atoms with Crippen LogP contribution in [0, 0.1) is 0 Å². The van der Waals surface area contributed by atoms with Gasteiger partial charge in [0.25, 0.3) is 0 Å². The first kappa shape index (κ1) is 18.3. The summed E-state index contributed by atoms with van der Waals surface area (Å²) in [5.74, 6) is 1.30. The summed E-state index contributed by atoms with van der Waals surface area (Å²) >= 11 is 0. The van der Waals surface area contributed by atoms with Gasteiger partial charge >= 0.3 is 0 Å². The van der Waals surface area contributed by atoms with Crippen molar-refractivity contribution in [3.8, 4) is 0 Å². The zero-order valence-corrected chi connectivity index (χ0v) is 15.9. The molecule has 1 aliphatic heterocycles. The molecule has 1 fully saturated rings. The molecule has 0 radical (unpaired) electrons. The van der Waals surface area contributed by atoms with E-state index < -0.39 is 10.8 Å². The number of hydrogen-bond acceptors (Lipinski definition) is 5. The summed E-state index contributed by atoms with van der Waals surface area (Å²) in [5.41, 5.74) is 7.28. The fourth-order valence-electron chi connectivity index (χ4n) is 2.88. The highest BCUT2D eigenvalue weighted by Gasteiger charge is 2.20. The van der Waals surface area contributed by atoms with Gasteiger partial charge in [-0.1, -0.05) is 12.1 Å². The maximum absolute atomic E-state index is 11.5. The van der Waals surface area contributed by atoms with E-state index in [9.17, 15) is 4.21 Å². The molecule has 1 saturated heterocycles. The molecule has 2 atom stereocenters. The van der Waals surface area contributed by atoms with Crippen LogP contribution in [0.3, 0.4) is 0 Å². The number of benzene rings is 1. The number of piperazine rings is 1. The first-order valence-corrected chi connectivity index (χ1v) is 10.1. The fraction of sp³-hybridized carbons (Fsp3) is 0.389. The summed E-state index contributed by atoms with van der Waals surface area (Å²) in [7, 11) is -0.968. The second kappa shape index (κ2) is 8.27. The molecular formula is C18H24N6OS. The van der Waals surface area contributed by atoms with E-state index in [-0.39, 0.29) is 6.04 Å². The number of nitrogens with two attached hydrogens (primary N) is 1. The number of nitrogens with zero attached hydrogens (tertiary/aromatic N) is 5. The van der Waals surface area contributed by atoms with Crippen LogP contribution in [-0.4, -0.2) is 57.5 Å². The SMILES string of the molecule is CC(N=C(N)N1CCN(c2ncccn2)CC1)c1ccc(S(C)=O)cc1. The molecule has 1 aromatic heterocycles. The molecule has 7 nitrogen and oxygen atoms in total. The van der Waals surface area contributed by atoms with E-state index >= 15 is 0 Å². The number of guanidine groups is 1. The lowest BCUT2D eigenvalue weighted by atomic mass is 10.1. The van der Waals surface area contributed by atoms with Crippen molar-refractivity contribution >= 4 is 22.7 Å². The Hall–Kier alpha value is -2.48. The average Bonchev–Trinajstić information content (AvgIpc) is 2.68. The standard InChI is InChI=1S/C18H24N6OS/c1-14(15-4-6-16(7-5-15)26(2)25)22-17(19)23-10-12-24(13-11-23)18-20-8-3-9-21-18/h3-9,14H,10-13H2,1-2H3,(H2,19,22). The summed E-state index contributed by atoms with van der Waals surface area (Å²) in [4.78, 5) is 18.3. The Morgan fingerprint density at radius 2 is 1.77 bits per heavy atom. The van der Waals surface area contributed by atoms with Crippen LogP contribution in [0.5, 0.6) is 0 Å². The highest BCUT2D eigenvalue weighted by Crippen LogP contribution is 2.19. The maximum atomic E-state index is 11.5. The molecule has 0 aliphatic carbocycles. The van der Waals surface area contributed by atoms with Crippen LogP contribution in [0.4, 0.5) is 5.95 Å². The van der Waals surface area contributed by atoms with Gasteiger partial charge in [0.05, 0.1) is 6.04 Å². The number of aromatic nitrogens is 2. The molecule has 1 aliphatic rings. The molecule has 2 aromatic rings. The molecule has 26 heavy (non-hydrogen) atoms. The second-order valence-electron chi connectivity index (χ2n) is 6.21. The van der Waals surface area contributed by atoms with Gasteiger partial charge in [-0.25, -0.2) is 15.0 Å². The van der Waals surface area contributed by atoms with E-state index in [0.717, 1.165) is 42.6 Å². The Morgan fingerprint density at radius 1 is 1.15 bits per heavy atom. The molecule has 1 aromatic carbocycles. The molecule has 0 amide bonds. The number of rotatable bonds is 4. The molecule has 2 unspecified atom stereocenters. The maximum Gasteiger partial charge on any atom is 0.225 e. The van der Waals surface area contributed by atoms with Gasteiger partial charge in [-0.15, -0.1) is 0 Å². The Kier molecular flexibility index (Phi) is 5.82. The van der Waals surface area contributed by atoms with Crippen molar-refractivity contribution in [3.63, 3.8) is 0 Å². The van der Waals surface area contributed by atoms with E-state index in [1.165, 1.54) is 0 Å². The molecule has 0 bridgehead atoms. The molecule has 138 valence electrons. The van der Waals surface area contributed by atoms with Gasteiger partial charge in [-0.05, 0) is 30.7 Å². The molecule has 3 rings (SSSR count). The summed E-state index contributed by atoms with van der Waals surface area (Å²) < 4.78 is 11.5. The van der Waals surface area contributed by atoms with Gasteiger partial charge in [0.15, 0.2) is 5.96 Å². The molecule has 0 saturated carbocycles. The van der Waals surface area contributed by atoms with Gasteiger partial charge < -0.3 is 15.5 Å². The smallest absolute Gasteiger partial charge is 0.225 e. The third-order valence-corrected chi connectivity index (χ3v) is 5.40. The average molecular weight is 372 g/mol. The Morgan fingerprint density at radius 3 is 2.35 bits per heavy atom. The zero-order valence-electron chi connectivity index (χ0n) is 15.1. The third kappa shape index (κ3) is 4.37. The van der Waals surface area contributed by atoms with E-state index in [2.05, 4.69) is 24.8 Å². The van der Waals surface area contributed by atoms with E-state index in [1.807, 2.05) is 37.3 Å². The highest BCUT2D eigenvalue weighted by atomic mass is 32.2. The highest BCUT2D eigenvalue weighted by molar-refractivity contribution is 7.84. The third-order valence-electron chi connectivity index (χ3n) is 4.46. The zero-order chi connectivity index (χ0) is 18.5. The van der Waals surface area contributed by atoms with Crippen molar-refractivity contribution in [2.24, 2.45) is 10.7 Å². The van der Waals surface area contributed by atoms with Gasteiger partial charge in [0.2, 0.25) is 5.95 Å². The number of anilines is 1. The lowest BCUT2D eigenvalue weighted by Crippen LogP contribution is -2.51. The number of aliphatic imine (C=N–C) groups is 1. The summed E-state index contributed by atoms with van der Waals surface area (Å²) in [5, 5.41) is 0. The van der Waals surface area contributed by atoms with Crippen molar-refractivity contribution in [2.45, 2.75) is 17.9 Å². The van der Waals surface area contributed by atoms with E-state index in [1.54, 1.807) is 18.6 Å². The summed E-state index contributed by atoms with van der Waals surface area (Å²) in [6.45, 7) is 5.21. The van der Waals surface area contributed by atoms with Crippen molar-refractivity contribution in [1.82, 2.24) is 14.9 Å². The Balaban J connectivity index is 1.60. The lowest BCUT2D eigenvalue weighted by molar-refractivity contribution is 0.377. The number of hydrogen-bond donors (Lipinski definition) is 1.